The van der Waals surface area contributed by atoms with Gasteiger partial charge in [-0.3, -0.25) is 9.59 Å². The molecule has 0 aromatic heterocycles. The molecule has 0 aromatic carbocycles. The van der Waals surface area contributed by atoms with Gasteiger partial charge in [-0.25, -0.2) is 0 Å². The maximum absolute atomic E-state index is 10.3. The normalized spacial score (nSPS) is 8.56. The highest BCUT2D eigenvalue weighted by molar-refractivity contribution is 7.78. The lowest BCUT2D eigenvalue weighted by atomic mass is 10.3. The number of carboxylic acid groups (broad SMARTS) is 1. The second-order valence-corrected chi connectivity index (χ2v) is 1.65. The summed E-state index contributed by atoms with van der Waals surface area (Å²) in [5.41, 5.74) is 0. The molecule has 0 aromatic rings. The van der Waals surface area contributed by atoms with E-state index in [4.69, 9.17) is 5.11 Å². The number of hydrogen-bond acceptors (Lipinski definition) is 3. The van der Waals surface area contributed by atoms with Gasteiger partial charge >= 0.3 is 5.97 Å². The molecule has 0 bridgehead atoms. The number of hydrogen-bond donors (Lipinski definition) is 3. The van der Waals surface area contributed by atoms with Crippen LogP contribution < -0.4 is 4.72 Å². The highest BCUT2D eigenvalue weighted by Crippen LogP contribution is 1.87. The first-order valence-electron chi connectivity index (χ1n) is 2.31. The fourth-order valence-electron chi connectivity index (χ4n) is 0.276. The van der Waals surface area contributed by atoms with Gasteiger partial charge in [0.15, 0.2) is 0 Å². The van der Waals surface area contributed by atoms with Gasteiger partial charge in [0, 0.05) is 6.42 Å². The fourth-order valence-corrected chi connectivity index (χ4v) is 0.388. The Balaban J connectivity index is 3.28. The van der Waals surface area contributed by atoms with Crippen molar-refractivity contribution in [1.82, 2.24) is 4.72 Å². The molecule has 0 unspecified atom stereocenters. The van der Waals surface area contributed by atoms with Crippen LogP contribution in [-0.2, 0) is 9.59 Å². The molecule has 0 radical (unpaired) electrons. The first-order valence-corrected chi connectivity index (χ1v) is 2.76. The molecule has 4 nitrogen and oxygen atoms in total. The van der Waals surface area contributed by atoms with Gasteiger partial charge in [-0.05, 0) is 0 Å². The predicted octanol–water partition coefficient (Wildman–Crippen LogP) is -0.188. The Morgan fingerprint density at radius 3 is 2.33 bits per heavy atom. The summed E-state index contributed by atoms with van der Waals surface area (Å²) in [5.74, 6) is -1.35. The number of carbonyl (C=O) groups excluding carboxylic acids is 1. The molecule has 0 saturated heterocycles. The Bertz CT molecular complexity index is 125. The third-order valence-corrected chi connectivity index (χ3v) is 0.940. The molecule has 0 aliphatic heterocycles. The van der Waals surface area contributed by atoms with Crippen LogP contribution in [-0.4, -0.2) is 17.0 Å². The molecule has 9 heavy (non-hydrogen) atoms. The molecule has 2 N–H and O–H groups in total. The van der Waals surface area contributed by atoms with E-state index in [1.54, 1.807) is 0 Å². The Hall–Kier alpha value is -0.710. The largest absolute Gasteiger partial charge is 0.481 e. The van der Waals surface area contributed by atoms with E-state index >= 15 is 0 Å². The lowest BCUT2D eigenvalue weighted by Crippen LogP contribution is -2.13. The smallest absolute Gasteiger partial charge is 0.303 e. The zero-order chi connectivity index (χ0) is 7.28. The van der Waals surface area contributed by atoms with Gasteiger partial charge in [-0.2, -0.15) is 0 Å². The summed E-state index contributed by atoms with van der Waals surface area (Å²) in [6.45, 7) is 0. The third-order valence-electron chi connectivity index (χ3n) is 0.691. The van der Waals surface area contributed by atoms with Crippen LogP contribution in [0.3, 0.4) is 0 Å². The summed E-state index contributed by atoms with van der Waals surface area (Å²) < 4.78 is 2.01. The minimum absolute atomic E-state index is 0.0150. The third kappa shape index (κ3) is 5.16. The van der Waals surface area contributed by atoms with Crippen LogP contribution in [0.2, 0.25) is 0 Å². The monoisotopic (exact) mass is 149 g/mol. The van der Waals surface area contributed by atoms with E-state index in [1.807, 2.05) is 4.72 Å². The Morgan fingerprint density at radius 2 is 2.00 bits per heavy atom. The second-order valence-electron chi connectivity index (χ2n) is 1.43. The summed E-state index contributed by atoms with van der Waals surface area (Å²) in [5, 5.41) is 8.05. The zero-order valence-electron chi connectivity index (χ0n) is 4.63. The average molecular weight is 149 g/mol. The molecule has 0 aliphatic carbocycles. The first kappa shape index (κ1) is 8.29. The van der Waals surface area contributed by atoms with Crippen LogP contribution >= 0.6 is 12.8 Å². The molecule has 0 spiro atoms. The topological polar surface area (TPSA) is 66.4 Å². The summed E-state index contributed by atoms with van der Waals surface area (Å²) >= 11 is 3.43. The summed E-state index contributed by atoms with van der Waals surface area (Å²) in [6.07, 6.45) is -0.161. The minimum atomic E-state index is -0.980. The fraction of sp³-hybridized carbons (Fsp3) is 0.500. The minimum Gasteiger partial charge on any atom is -0.481 e. The maximum Gasteiger partial charge on any atom is 0.303 e. The molecule has 0 aliphatic rings. The van der Waals surface area contributed by atoms with Crippen molar-refractivity contribution in [2.75, 3.05) is 0 Å². The number of nitrogens with one attached hydrogen (secondary N) is 1. The van der Waals surface area contributed by atoms with E-state index in [0.717, 1.165) is 0 Å². The van der Waals surface area contributed by atoms with Crippen LogP contribution in [0.4, 0.5) is 0 Å². The van der Waals surface area contributed by atoms with E-state index in [-0.39, 0.29) is 18.7 Å². The van der Waals surface area contributed by atoms with E-state index in [0.29, 0.717) is 0 Å². The highest BCUT2D eigenvalue weighted by atomic mass is 32.1. The van der Waals surface area contributed by atoms with Crippen molar-refractivity contribution in [2.45, 2.75) is 12.8 Å². The van der Waals surface area contributed by atoms with E-state index in [1.165, 1.54) is 0 Å². The van der Waals surface area contributed by atoms with Gasteiger partial charge in [-0.15, -0.1) is 0 Å². The Labute approximate surface area is 57.8 Å². The molecule has 1 amide bonds. The van der Waals surface area contributed by atoms with Crippen molar-refractivity contribution in [2.24, 2.45) is 0 Å². The molecular formula is C4H7NO3S. The van der Waals surface area contributed by atoms with E-state index in [9.17, 15) is 9.59 Å². The number of aliphatic carboxylic acids is 1. The SMILES string of the molecule is O=C(O)CCC(=O)NS. The molecule has 0 atom stereocenters. The van der Waals surface area contributed by atoms with Crippen LogP contribution in [0.15, 0.2) is 0 Å². The summed E-state index contributed by atoms with van der Waals surface area (Å²) in [6, 6.07) is 0. The summed E-state index contributed by atoms with van der Waals surface area (Å²) in [4.78, 5) is 20.1. The van der Waals surface area contributed by atoms with E-state index < -0.39 is 5.97 Å². The van der Waals surface area contributed by atoms with Gasteiger partial charge in [0.1, 0.15) is 0 Å². The standard InChI is InChI=1S/C4H7NO3S/c6-3(5-9)1-2-4(7)8/h9H,1-2H2,(H,5,6)(H,7,8). The van der Waals surface area contributed by atoms with Crippen molar-refractivity contribution in [3.8, 4) is 0 Å². The van der Waals surface area contributed by atoms with Crippen LogP contribution in [0.1, 0.15) is 12.8 Å². The van der Waals surface area contributed by atoms with Gasteiger partial charge in [0.25, 0.3) is 0 Å². The maximum atomic E-state index is 10.3. The lowest BCUT2D eigenvalue weighted by Gasteiger charge is -1.92. The van der Waals surface area contributed by atoms with Crippen molar-refractivity contribution in [3.63, 3.8) is 0 Å². The van der Waals surface area contributed by atoms with Crippen LogP contribution in [0, 0.1) is 0 Å². The second kappa shape index (κ2) is 4.20. The number of amides is 1. The number of carboxylic acids is 1. The predicted molar refractivity (Wildman–Crippen MR) is 34.0 cm³/mol. The van der Waals surface area contributed by atoms with Crippen molar-refractivity contribution in [1.29, 1.82) is 0 Å². The van der Waals surface area contributed by atoms with Gasteiger partial charge < -0.3 is 9.83 Å². The molecule has 0 saturated carbocycles. The molecule has 0 rings (SSSR count). The van der Waals surface area contributed by atoms with E-state index in [2.05, 4.69) is 12.8 Å². The molecule has 52 valence electrons. The molecule has 5 heteroatoms. The first-order chi connectivity index (χ1) is 4.16. The quantitative estimate of drug-likeness (QED) is 0.487. The van der Waals surface area contributed by atoms with Crippen LogP contribution in [0.25, 0.3) is 0 Å². The number of thiol groups is 1. The van der Waals surface area contributed by atoms with Crippen molar-refractivity contribution in [3.05, 3.63) is 0 Å². The Kier molecular flexibility index (Phi) is 3.87. The van der Waals surface area contributed by atoms with Crippen molar-refractivity contribution >= 4 is 24.7 Å². The Morgan fingerprint density at radius 1 is 1.44 bits per heavy atom. The van der Waals surface area contributed by atoms with Gasteiger partial charge in [0.05, 0.1) is 6.42 Å². The zero-order valence-corrected chi connectivity index (χ0v) is 5.52. The highest BCUT2D eigenvalue weighted by Gasteiger charge is 2.01. The molecular weight excluding hydrogens is 142 g/mol. The van der Waals surface area contributed by atoms with Gasteiger partial charge in [0.2, 0.25) is 5.91 Å². The molecule has 0 fully saturated rings. The number of rotatable bonds is 3. The summed E-state index contributed by atoms with van der Waals surface area (Å²) in [7, 11) is 0. The van der Waals surface area contributed by atoms with Crippen LogP contribution in [0.5, 0.6) is 0 Å². The number of carbonyl (C=O) groups is 2. The molecule has 0 heterocycles. The van der Waals surface area contributed by atoms with Gasteiger partial charge in [-0.1, -0.05) is 12.8 Å². The van der Waals surface area contributed by atoms with Crippen molar-refractivity contribution < 1.29 is 14.7 Å². The average Bonchev–Trinajstić information content (AvgIpc) is 1.83. The lowest BCUT2D eigenvalue weighted by molar-refractivity contribution is -0.138.